The van der Waals surface area contributed by atoms with Gasteiger partial charge in [-0.3, -0.25) is 4.79 Å². The number of rotatable bonds is 7. The lowest BCUT2D eigenvalue weighted by molar-refractivity contribution is -0.209. The van der Waals surface area contributed by atoms with Crippen LogP contribution in [-0.2, 0) is 14.0 Å². The maximum absolute atomic E-state index is 12.3. The quantitative estimate of drug-likeness (QED) is 0.685. The minimum atomic E-state index is -2.05. The maximum Gasteiger partial charge on any atom is 0.200 e. The molecule has 0 amide bonds. The normalized spacial score (nSPS) is 26.0. The molecule has 0 saturated heterocycles. The third-order valence-electron chi connectivity index (χ3n) is 5.34. The molecule has 2 unspecified atom stereocenters. The third-order valence-corrected chi connectivity index (χ3v) is 11.4. The molecule has 1 rings (SSSR count). The lowest BCUT2D eigenvalue weighted by Crippen LogP contribution is -2.51. The van der Waals surface area contributed by atoms with E-state index in [0.29, 0.717) is 22.2 Å². The van der Waals surface area contributed by atoms with Crippen LogP contribution < -0.4 is 0 Å². The van der Waals surface area contributed by atoms with Gasteiger partial charge in [0.15, 0.2) is 11.6 Å². The zero-order chi connectivity index (χ0) is 18.9. The second kappa shape index (κ2) is 7.81. The SMILES string of the molecule is CC(C)C1OC(C)(O)C(CO[Si](C(C)C)(C(C)C)C(C)C)=CC1=O. The summed E-state index contributed by atoms with van der Waals surface area (Å²) in [6.07, 6.45) is 0.944. The topological polar surface area (TPSA) is 55.8 Å². The highest BCUT2D eigenvalue weighted by molar-refractivity contribution is 6.77. The number of aliphatic hydroxyl groups is 1. The van der Waals surface area contributed by atoms with Crippen LogP contribution in [0.3, 0.4) is 0 Å². The summed E-state index contributed by atoms with van der Waals surface area (Å²) in [5.41, 5.74) is 1.88. The highest BCUT2D eigenvalue weighted by Gasteiger charge is 2.47. The molecule has 4 nitrogen and oxygen atoms in total. The van der Waals surface area contributed by atoms with Gasteiger partial charge in [-0.1, -0.05) is 55.4 Å². The van der Waals surface area contributed by atoms with Gasteiger partial charge in [-0.25, -0.2) is 0 Å². The molecule has 5 heteroatoms. The average Bonchev–Trinajstić information content (AvgIpc) is 2.41. The van der Waals surface area contributed by atoms with Gasteiger partial charge in [0, 0.05) is 5.57 Å². The van der Waals surface area contributed by atoms with Crippen molar-refractivity contribution in [2.75, 3.05) is 6.61 Å². The van der Waals surface area contributed by atoms with Crippen LogP contribution in [0.1, 0.15) is 62.3 Å². The summed E-state index contributed by atoms with van der Waals surface area (Å²) < 4.78 is 12.2. The molecule has 24 heavy (non-hydrogen) atoms. The van der Waals surface area contributed by atoms with Gasteiger partial charge in [0.05, 0.1) is 6.61 Å². The number of ketones is 1. The first-order valence-corrected chi connectivity index (χ1v) is 11.3. The van der Waals surface area contributed by atoms with Gasteiger partial charge in [-0.15, -0.1) is 0 Å². The van der Waals surface area contributed by atoms with E-state index in [-0.39, 0.29) is 18.3 Å². The second-order valence-electron chi connectivity index (χ2n) is 8.44. The van der Waals surface area contributed by atoms with Gasteiger partial charge in [0.1, 0.15) is 6.10 Å². The average molecular weight is 357 g/mol. The molecule has 1 aliphatic rings. The molecular weight excluding hydrogens is 320 g/mol. The van der Waals surface area contributed by atoms with Gasteiger partial charge in [0.2, 0.25) is 8.32 Å². The molecule has 0 spiro atoms. The molecule has 0 bridgehead atoms. The van der Waals surface area contributed by atoms with E-state index in [4.69, 9.17) is 9.16 Å². The Labute approximate surface area is 148 Å². The summed E-state index contributed by atoms with van der Waals surface area (Å²) in [4.78, 5) is 12.3. The minimum Gasteiger partial charge on any atom is -0.412 e. The van der Waals surface area contributed by atoms with Gasteiger partial charge in [-0.2, -0.15) is 0 Å². The Morgan fingerprint density at radius 1 is 1.12 bits per heavy atom. The Morgan fingerprint density at radius 3 is 1.96 bits per heavy atom. The Kier molecular flexibility index (Phi) is 7.01. The second-order valence-corrected chi connectivity index (χ2v) is 13.9. The van der Waals surface area contributed by atoms with E-state index >= 15 is 0 Å². The monoisotopic (exact) mass is 356 g/mol. The number of hydrogen-bond donors (Lipinski definition) is 1. The van der Waals surface area contributed by atoms with E-state index in [2.05, 4.69) is 41.5 Å². The van der Waals surface area contributed by atoms with E-state index in [1.54, 1.807) is 6.92 Å². The Bertz CT molecular complexity index is 456. The fourth-order valence-electron chi connectivity index (χ4n) is 4.11. The number of hydrogen-bond acceptors (Lipinski definition) is 4. The van der Waals surface area contributed by atoms with Gasteiger partial charge < -0.3 is 14.3 Å². The summed E-state index contributed by atoms with van der Waals surface area (Å²) >= 11 is 0. The van der Waals surface area contributed by atoms with Crippen molar-refractivity contribution in [3.8, 4) is 0 Å². The number of carbonyl (C=O) groups is 1. The van der Waals surface area contributed by atoms with Crippen molar-refractivity contribution < 1.29 is 19.1 Å². The molecule has 140 valence electrons. The summed E-state index contributed by atoms with van der Waals surface area (Å²) in [5, 5.41) is 10.7. The smallest absolute Gasteiger partial charge is 0.200 e. The van der Waals surface area contributed by atoms with Crippen molar-refractivity contribution >= 4 is 14.1 Å². The maximum atomic E-state index is 12.3. The van der Waals surface area contributed by atoms with E-state index in [0.717, 1.165) is 0 Å². The summed E-state index contributed by atoms with van der Waals surface area (Å²) in [6, 6.07) is 0. The summed E-state index contributed by atoms with van der Waals surface area (Å²) in [5.74, 6) is -1.51. The van der Waals surface area contributed by atoms with Crippen molar-refractivity contribution in [3.63, 3.8) is 0 Å². The minimum absolute atomic E-state index is 0.0261. The molecule has 1 N–H and O–H groups in total. The molecule has 0 aliphatic carbocycles. The molecule has 0 aromatic carbocycles. The predicted molar refractivity (Wildman–Crippen MR) is 100 cm³/mol. The van der Waals surface area contributed by atoms with Crippen LogP contribution >= 0.6 is 0 Å². The lowest BCUT2D eigenvalue weighted by atomic mass is 9.94. The molecule has 0 fully saturated rings. The zero-order valence-corrected chi connectivity index (χ0v) is 17.8. The van der Waals surface area contributed by atoms with Crippen LogP contribution in [0.15, 0.2) is 11.6 Å². The van der Waals surface area contributed by atoms with Crippen LogP contribution in [0.4, 0.5) is 0 Å². The standard InChI is InChI=1S/C19H36O4Si/c1-12(2)18-17(20)10-16(19(9,21)23-18)11-22-24(13(3)4,14(5)6)15(7)8/h10,12-15,18,21H,11H2,1-9H3. The van der Waals surface area contributed by atoms with Crippen molar-refractivity contribution in [3.05, 3.63) is 11.6 Å². The van der Waals surface area contributed by atoms with E-state index < -0.39 is 20.2 Å². The van der Waals surface area contributed by atoms with Gasteiger partial charge in [0.25, 0.3) is 0 Å². The van der Waals surface area contributed by atoms with Crippen LogP contribution in [0.2, 0.25) is 16.6 Å². The van der Waals surface area contributed by atoms with Crippen molar-refractivity contribution in [1.29, 1.82) is 0 Å². The molecule has 0 aromatic heterocycles. The van der Waals surface area contributed by atoms with Crippen molar-refractivity contribution in [2.24, 2.45) is 5.92 Å². The number of carbonyl (C=O) groups excluding carboxylic acids is 1. The molecular formula is C19H36O4Si. The molecule has 1 aliphatic heterocycles. The molecule has 1 heterocycles. The fourth-order valence-corrected chi connectivity index (χ4v) is 9.52. The Morgan fingerprint density at radius 2 is 1.58 bits per heavy atom. The summed E-state index contributed by atoms with van der Waals surface area (Å²) in [6.45, 7) is 19.0. The first-order valence-electron chi connectivity index (χ1n) is 9.15. The molecule has 0 radical (unpaired) electrons. The lowest BCUT2D eigenvalue weighted by Gasteiger charge is -2.44. The van der Waals surface area contributed by atoms with E-state index in [9.17, 15) is 9.90 Å². The van der Waals surface area contributed by atoms with Crippen molar-refractivity contribution in [1.82, 2.24) is 0 Å². The first-order chi connectivity index (χ1) is 10.9. The van der Waals surface area contributed by atoms with Crippen LogP contribution in [0.5, 0.6) is 0 Å². The van der Waals surface area contributed by atoms with E-state index in [1.807, 2.05) is 13.8 Å². The van der Waals surface area contributed by atoms with E-state index in [1.165, 1.54) is 6.08 Å². The predicted octanol–water partition coefficient (Wildman–Crippen LogP) is 4.44. The largest absolute Gasteiger partial charge is 0.412 e. The van der Waals surface area contributed by atoms with Crippen LogP contribution in [0.25, 0.3) is 0 Å². The molecule has 2 atom stereocenters. The Balaban J connectivity index is 3.06. The highest BCUT2D eigenvalue weighted by atomic mass is 28.4. The van der Waals surface area contributed by atoms with Gasteiger partial charge in [-0.05, 0) is 35.5 Å². The summed E-state index contributed by atoms with van der Waals surface area (Å²) in [7, 11) is -2.05. The first kappa shape index (κ1) is 21.5. The van der Waals surface area contributed by atoms with Gasteiger partial charge >= 0.3 is 0 Å². The number of ether oxygens (including phenoxy) is 1. The Hall–Kier alpha value is -0.493. The highest BCUT2D eigenvalue weighted by Crippen LogP contribution is 2.43. The van der Waals surface area contributed by atoms with Crippen LogP contribution in [0, 0.1) is 5.92 Å². The van der Waals surface area contributed by atoms with Crippen LogP contribution in [-0.4, -0.2) is 37.7 Å². The molecule has 0 aromatic rings. The zero-order valence-electron chi connectivity index (χ0n) is 16.8. The third kappa shape index (κ3) is 4.18. The van der Waals surface area contributed by atoms with Crippen molar-refractivity contribution in [2.45, 2.75) is 90.8 Å². The fraction of sp³-hybridized carbons (Fsp3) is 0.842. The molecule has 0 saturated carbocycles.